The topological polar surface area (TPSA) is 70.8 Å². The van der Waals surface area contributed by atoms with Gasteiger partial charge in [-0.05, 0) is 45.3 Å². The van der Waals surface area contributed by atoms with Crippen molar-refractivity contribution in [2.24, 2.45) is 0 Å². The zero-order valence-corrected chi connectivity index (χ0v) is 12.5. The Balaban J connectivity index is 2.34. The van der Waals surface area contributed by atoms with Gasteiger partial charge in [0.1, 0.15) is 0 Å². The summed E-state index contributed by atoms with van der Waals surface area (Å²) in [6, 6.07) is 5.11. The first-order chi connectivity index (χ1) is 9.18. The lowest BCUT2D eigenvalue weighted by Crippen LogP contribution is -2.41. The van der Waals surface area contributed by atoms with Crippen LogP contribution >= 0.6 is 0 Å². The maximum absolute atomic E-state index is 11.7. The molecule has 1 aliphatic rings. The van der Waals surface area contributed by atoms with Crippen molar-refractivity contribution in [2.75, 3.05) is 12.8 Å². The molecule has 0 bridgehead atoms. The molecular formula is C14H20BNO4. The summed E-state index contributed by atoms with van der Waals surface area (Å²) in [5, 5.41) is 0. The number of carbonyl (C=O) groups is 1. The summed E-state index contributed by atoms with van der Waals surface area (Å²) in [4.78, 5) is 11.7. The summed E-state index contributed by atoms with van der Waals surface area (Å²) in [6.07, 6.45) is 0. The molecule has 0 atom stereocenters. The van der Waals surface area contributed by atoms with E-state index in [1.54, 1.807) is 18.2 Å². The normalized spacial score (nSPS) is 19.9. The lowest BCUT2D eigenvalue weighted by molar-refractivity contribution is 0.00578. The molecule has 108 valence electrons. The average molecular weight is 277 g/mol. The summed E-state index contributed by atoms with van der Waals surface area (Å²) in [6.45, 7) is 7.91. The maximum atomic E-state index is 11.7. The van der Waals surface area contributed by atoms with Gasteiger partial charge >= 0.3 is 13.1 Å². The molecule has 0 unspecified atom stereocenters. The van der Waals surface area contributed by atoms with Gasteiger partial charge < -0.3 is 19.8 Å². The molecule has 2 rings (SSSR count). The fourth-order valence-electron chi connectivity index (χ4n) is 1.99. The third-order valence-electron chi connectivity index (χ3n) is 4.01. The summed E-state index contributed by atoms with van der Waals surface area (Å²) in [5.41, 5.74) is 6.38. The molecule has 6 heteroatoms. The van der Waals surface area contributed by atoms with Crippen LogP contribution in [-0.4, -0.2) is 31.4 Å². The lowest BCUT2D eigenvalue weighted by atomic mass is 9.78. The molecule has 1 aliphatic heterocycles. The highest BCUT2D eigenvalue weighted by atomic mass is 16.7. The molecule has 5 nitrogen and oxygen atoms in total. The first-order valence-corrected chi connectivity index (χ1v) is 6.51. The van der Waals surface area contributed by atoms with Crippen molar-refractivity contribution in [3.05, 3.63) is 23.8 Å². The Labute approximate surface area is 119 Å². The van der Waals surface area contributed by atoms with E-state index in [1.165, 1.54) is 7.11 Å². The fraction of sp³-hybridized carbons (Fsp3) is 0.500. The van der Waals surface area contributed by atoms with E-state index in [4.69, 9.17) is 19.8 Å². The van der Waals surface area contributed by atoms with Crippen LogP contribution in [0.2, 0.25) is 0 Å². The molecule has 1 heterocycles. The van der Waals surface area contributed by atoms with Crippen molar-refractivity contribution in [1.82, 2.24) is 0 Å². The number of esters is 1. The first-order valence-electron chi connectivity index (χ1n) is 6.51. The van der Waals surface area contributed by atoms with Crippen LogP contribution in [0.5, 0.6) is 0 Å². The number of benzene rings is 1. The van der Waals surface area contributed by atoms with E-state index in [-0.39, 0.29) is 0 Å². The van der Waals surface area contributed by atoms with Crippen LogP contribution in [-0.2, 0) is 14.0 Å². The van der Waals surface area contributed by atoms with E-state index >= 15 is 0 Å². The Kier molecular flexibility index (Phi) is 3.56. The van der Waals surface area contributed by atoms with Crippen molar-refractivity contribution in [2.45, 2.75) is 38.9 Å². The number of anilines is 1. The molecule has 0 saturated carbocycles. The Morgan fingerprint density at radius 1 is 1.20 bits per heavy atom. The van der Waals surface area contributed by atoms with Gasteiger partial charge in [-0.3, -0.25) is 0 Å². The van der Waals surface area contributed by atoms with Crippen LogP contribution in [0.15, 0.2) is 18.2 Å². The Morgan fingerprint density at radius 2 is 1.75 bits per heavy atom. The van der Waals surface area contributed by atoms with Crippen molar-refractivity contribution in [3.63, 3.8) is 0 Å². The Bertz CT molecular complexity index is 526. The minimum absolute atomic E-state index is 0.319. The van der Waals surface area contributed by atoms with E-state index in [0.717, 1.165) is 5.46 Å². The van der Waals surface area contributed by atoms with E-state index in [9.17, 15) is 4.79 Å². The van der Waals surface area contributed by atoms with Gasteiger partial charge in [0, 0.05) is 5.69 Å². The Hall–Kier alpha value is -1.53. The number of nitrogens with two attached hydrogens (primary N) is 1. The van der Waals surface area contributed by atoms with Crippen LogP contribution in [0.3, 0.4) is 0 Å². The minimum atomic E-state index is -0.524. The minimum Gasteiger partial charge on any atom is -0.465 e. The molecule has 0 aliphatic carbocycles. The van der Waals surface area contributed by atoms with Crippen LogP contribution in [0, 0.1) is 0 Å². The largest absolute Gasteiger partial charge is 0.494 e. The summed E-state index contributed by atoms with van der Waals surface area (Å²) in [5.74, 6) is -0.471. The highest BCUT2D eigenvalue weighted by Crippen LogP contribution is 2.36. The second-order valence-electron chi connectivity index (χ2n) is 5.93. The van der Waals surface area contributed by atoms with Crippen molar-refractivity contribution in [3.8, 4) is 0 Å². The van der Waals surface area contributed by atoms with Crippen molar-refractivity contribution < 1.29 is 18.8 Å². The second-order valence-corrected chi connectivity index (χ2v) is 5.93. The molecule has 1 fully saturated rings. The van der Waals surface area contributed by atoms with Crippen LogP contribution < -0.4 is 11.2 Å². The monoisotopic (exact) mass is 277 g/mol. The second kappa shape index (κ2) is 4.79. The van der Waals surface area contributed by atoms with E-state index in [0.29, 0.717) is 11.3 Å². The number of carbonyl (C=O) groups excluding carboxylic acids is 1. The number of rotatable bonds is 2. The fourth-order valence-corrected chi connectivity index (χ4v) is 1.99. The molecule has 2 N–H and O–H groups in total. The number of nitrogen functional groups attached to an aromatic ring is 1. The zero-order valence-electron chi connectivity index (χ0n) is 12.5. The summed E-state index contributed by atoms with van der Waals surface area (Å²) in [7, 11) is 0.799. The van der Waals surface area contributed by atoms with Gasteiger partial charge in [-0.1, -0.05) is 6.07 Å². The van der Waals surface area contributed by atoms with Gasteiger partial charge in [-0.15, -0.1) is 0 Å². The van der Waals surface area contributed by atoms with E-state index in [2.05, 4.69) is 0 Å². The van der Waals surface area contributed by atoms with Gasteiger partial charge in [0.25, 0.3) is 0 Å². The van der Waals surface area contributed by atoms with Crippen molar-refractivity contribution in [1.29, 1.82) is 0 Å². The van der Waals surface area contributed by atoms with E-state index in [1.807, 2.05) is 27.7 Å². The van der Waals surface area contributed by atoms with Gasteiger partial charge in [0.2, 0.25) is 0 Å². The quantitative estimate of drug-likeness (QED) is 0.502. The van der Waals surface area contributed by atoms with Gasteiger partial charge in [-0.2, -0.15) is 0 Å². The maximum Gasteiger partial charge on any atom is 0.494 e. The summed E-state index contributed by atoms with van der Waals surface area (Å²) >= 11 is 0. The zero-order chi connectivity index (χ0) is 15.1. The number of ether oxygens (including phenoxy) is 1. The molecule has 0 radical (unpaired) electrons. The molecule has 1 aromatic carbocycles. The third-order valence-corrected chi connectivity index (χ3v) is 4.01. The molecule has 0 amide bonds. The Morgan fingerprint density at radius 3 is 2.25 bits per heavy atom. The summed E-state index contributed by atoms with van der Waals surface area (Å²) < 4.78 is 16.6. The number of hydrogen-bond acceptors (Lipinski definition) is 5. The predicted octanol–water partition coefficient (Wildman–Crippen LogP) is 1.35. The van der Waals surface area contributed by atoms with Gasteiger partial charge in [0.15, 0.2) is 0 Å². The highest BCUT2D eigenvalue weighted by Gasteiger charge is 2.51. The standard InChI is InChI=1S/C14H20BNO4/c1-13(2)14(3,4)20-15(19-13)9-6-7-11(16)10(8-9)12(17)18-5/h6-8H,16H2,1-5H3. The van der Waals surface area contributed by atoms with Crippen LogP contribution in [0.4, 0.5) is 5.69 Å². The molecule has 0 spiro atoms. The van der Waals surface area contributed by atoms with Crippen molar-refractivity contribution >= 4 is 24.2 Å². The molecule has 20 heavy (non-hydrogen) atoms. The molecule has 1 aromatic rings. The van der Waals surface area contributed by atoms with Crippen LogP contribution in [0.1, 0.15) is 38.1 Å². The molecule has 0 aromatic heterocycles. The average Bonchev–Trinajstić information content (AvgIpc) is 2.58. The molecular weight excluding hydrogens is 257 g/mol. The number of methoxy groups -OCH3 is 1. The van der Waals surface area contributed by atoms with Crippen LogP contribution in [0.25, 0.3) is 0 Å². The molecule has 1 saturated heterocycles. The lowest BCUT2D eigenvalue weighted by Gasteiger charge is -2.32. The predicted molar refractivity (Wildman–Crippen MR) is 77.9 cm³/mol. The van der Waals surface area contributed by atoms with E-state index < -0.39 is 24.3 Å². The van der Waals surface area contributed by atoms with Gasteiger partial charge in [0.05, 0.1) is 23.9 Å². The smallest absolute Gasteiger partial charge is 0.465 e. The first kappa shape index (κ1) is 14.9. The highest BCUT2D eigenvalue weighted by molar-refractivity contribution is 6.62. The third kappa shape index (κ3) is 2.41. The van der Waals surface area contributed by atoms with Gasteiger partial charge in [-0.25, -0.2) is 4.79 Å². The number of hydrogen-bond donors (Lipinski definition) is 1. The SMILES string of the molecule is COC(=O)c1cc(B2OC(C)(C)C(C)(C)O2)ccc1N.